The molecule has 4 nitrogen and oxygen atoms in total. The smallest absolute Gasteiger partial charge is 0.468 e. The van der Waals surface area contributed by atoms with Gasteiger partial charge in [-0.1, -0.05) is 25.5 Å². The van der Waals surface area contributed by atoms with Crippen LogP contribution in [0, 0.1) is 5.92 Å². The van der Waals surface area contributed by atoms with Crippen LogP contribution in [0.2, 0.25) is 0 Å². The van der Waals surface area contributed by atoms with Gasteiger partial charge in [0, 0.05) is 0 Å². The lowest BCUT2D eigenvalue weighted by molar-refractivity contribution is -0.274. The molecule has 0 aromatic heterocycles. The van der Waals surface area contributed by atoms with Crippen molar-refractivity contribution in [3.8, 4) is 5.75 Å². The van der Waals surface area contributed by atoms with E-state index >= 15 is 0 Å². The Morgan fingerprint density at radius 3 is 2.61 bits per heavy atom. The van der Waals surface area contributed by atoms with Gasteiger partial charge in [-0.2, -0.15) is 0 Å². The Morgan fingerprint density at radius 1 is 1.35 bits per heavy atom. The molecule has 0 spiro atoms. The summed E-state index contributed by atoms with van der Waals surface area (Å²) >= 11 is 0. The Hall–Kier alpha value is -1.76. The number of alkyl halides is 3. The van der Waals surface area contributed by atoms with E-state index in [1.54, 1.807) is 6.07 Å². The molecule has 0 saturated carbocycles. The van der Waals surface area contributed by atoms with Gasteiger partial charge in [-0.3, -0.25) is 4.79 Å². The molecule has 0 amide bonds. The average Bonchev–Trinajstić information content (AvgIpc) is 2.49. The molecule has 0 fully saturated rings. The van der Waals surface area contributed by atoms with Crippen LogP contribution in [-0.2, 0) is 16.0 Å². The Morgan fingerprint density at radius 2 is 2.04 bits per heavy atom. The fourth-order valence-electron chi connectivity index (χ4n) is 2.36. The molecule has 0 aliphatic carbocycles. The first-order chi connectivity index (χ1) is 10.7. The summed E-state index contributed by atoms with van der Waals surface area (Å²) in [6.07, 6.45) is -2.08. The van der Waals surface area contributed by atoms with Gasteiger partial charge in [-0.05, 0) is 42.9 Å². The molecule has 0 radical (unpaired) electrons. The fraction of sp³-hybridized carbons (Fsp3) is 0.562. The lowest BCUT2D eigenvalue weighted by Crippen LogP contribution is -2.33. The molecule has 1 aromatic carbocycles. The molecule has 2 N–H and O–H groups in total. The van der Waals surface area contributed by atoms with Crippen molar-refractivity contribution in [2.45, 2.75) is 45.0 Å². The summed E-state index contributed by atoms with van der Waals surface area (Å²) in [6, 6.07) is 5.24. The number of nitrogens with two attached hydrogens (primary N) is 1. The Kier molecular flexibility index (Phi) is 7.35. The number of rotatable bonds is 8. The van der Waals surface area contributed by atoms with Crippen LogP contribution >= 0.6 is 0 Å². The Balaban J connectivity index is 2.58. The lowest BCUT2D eigenvalue weighted by Gasteiger charge is -2.18. The van der Waals surface area contributed by atoms with E-state index < -0.39 is 18.4 Å². The molecule has 1 rings (SSSR count). The summed E-state index contributed by atoms with van der Waals surface area (Å²) in [5, 5.41) is 0. The Bertz CT molecular complexity index is 506. The van der Waals surface area contributed by atoms with Crippen LogP contribution in [0.3, 0.4) is 0 Å². The molecule has 23 heavy (non-hydrogen) atoms. The summed E-state index contributed by atoms with van der Waals surface area (Å²) < 4.78 is 45.1. The Labute approximate surface area is 133 Å². The monoisotopic (exact) mass is 333 g/mol. The van der Waals surface area contributed by atoms with Crippen molar-refractivity contribution in [3.63, 3.8) is 0 Å². The summed E-state index contributed by atoms with van der Waals surface area (Å²) in [5.74, 6) is -0.491. The van der Waals surface area contributed by atoms with Crippen molar-refractivity contribution < 1.29 is 27.4 Å². The largest absolute Gasteiger partial charge is 0.573 e. The highest BCUT2D eigenvalue weighted by Crippen LogP contribution is 2.25. The van der Waals surface area contributed by atoms with E-state index in [4.69, 9.17) is 5.73 Å². The molecule has 130 valence electrons. The van der Waals surface area contributed by atoms with Gasteiger partial charge in [0.15, 0.2) is 0 Å². The number of hydrogen-bond acceptors (Lipinski definition) is 4. The molecule has 0 aliphatic rings. The van der Waals surface area contributed by atoms with Gasteiger partial charge in [0.05, 0.1) is 7.11 Å². The van der Waals surface area contributed by atoms with Crippen LogP contribution in [0.4, 0.5) is 13.2 Å². The quantitative estimate of drug-likeness (QED) is 0.740. The highest BCUT2D eigenvalue weighted by molar-refractivity contribution is 5.75. The molecule has 2 atom stereocenters. The van der Waals surface area contributed by atoms with Crippen LogP contribution in [-0.4, -0.2) is 25.5 Å². The van der Waals surface area contributed by atoms with E-state index in [1.165, 1.54) is 25.3 Å². The van der Waals surface area contributed by atoms with Gasteiger partial charge in [-0.15, -0.1) is 13.2 Å². The second kappa shape index (κ2) is 8.76. The molecule has 0 bridgehead atoms. The minimum absolute atomic E-state index is 0.191. The van der Waals surface area contributed by atoms with Crippen molar-refractivity contribution >= 4 is 5.97 Å². The number of ether oxygens (including phenoxy) is 2. The predicted molar refractivity (Wildman–Crippen MR) is 79.8 cm³/mol. The van der Waals surface area contributed by atoms with E-state index in [2.05, 4.69) is 9.47 Å². The third-order valence-corrected chi connectivity index (χ3v) is 3.64. The molecule has 0 heterocycles. The number of hydrogen-bond donors (Lipinski definition) is 1. The first kappa shape index (κ1) is 19.3. The standard InChI is InChI=1S/C16H22F3NO3/c1-3-11(10-14(20)15(21)22-2)7-8-12-5-4-6-13(9-12)23-16(17,18)19/h4-6,9,11,14H,3,7-8,10,20H2,1-2H3. The molecule has 2 unspecified atom stereocenters. The SMILES string of the molecule is CCC(CCc1cccc(OC(F)(F)F)c1)CC(N)C(=O)OC. The van der Waals surface area contributed by atoms with Crippen molar-refractivity contribution in [2.75, 3.05) is 7.11 Å². The minimum Gasteiger partial charge on any atom is -0.468 e. The normalized spacial score (nSPS) is 14.2. The van der Waals surface area contributed by atoms with Crippen molar-refractivity contribution in [3.05, 3.63) is 29.8 Å². The highest BCUT2D eigenvalue weighted by Gasteiger charge is 2.31. The summed E-state index contributed by atoms with van der Waals surface area (Å²) in [4.78, 5) is 11.3. The van der Waals surface area contributed by atoms with Crippen LogP contribution in [0.25, 0.3) is 0 Å². The fourth-order valence-corrected chi connectivity index (χ4v) is 2.36. The second-order valence-corrected chi connectivity index (χ2v) is 5.37. The number of halogens is 3. The zero-order valence-electron chi connectivity index (χ0n) is 13.2. The number of benzene rings is 1. The molecule has 0 aliphatic heterocycles. The summed E-state index contributed by atoms with van der Waals surface area (Å²) in [6.45, 7) is 1.98. The maximum Gasteiger partial charge on any atom is 0.573 e. The van der Waals surface area contributed by atoms with Crippen LogP contribution in [0.1, 0.15) is 31.7 Å². The molecular formula is C16H22F3NO3. The van der Waals surface area contributed by atoms with Gasteiger partial charge < -0.3 is 15.2 Å². The highest BCUT2D eigenvalue weighted by atomic mass is 19.4. The maximum absolute atomic E-state index is 12.2. The van der Waals surface area contributed by atoms with Gasteiger partial charge in [0.2, 0.25) is 0 Å². The van der Waals surface area contributed by atoms with Gasteiger partial charge in [0.25, 0.3) is 0 Å². The minimum atomic E-state index is -4.70. The van der Waals surface area contributed by atoms with Gasteiger partial charge in [0.1, 0.15) is 11.8 Å². The number of aryl methyl sites for hydroxylation is 1. The maximum atomic E-state index is 12.2. The van der Waals surface area contributed by atoms with Gasteiger partial charge in [-0.25, -0.2) is 0 Å². The first-order valence-corrected chi connectivity index (χ1v) is 7.43. The van der Waals surface area contributed by atoms with Crippen LogP contribution in [0.15, 0.2) is 24.3 Å². The lowest BCUT2D eigenvalue weighted by atomic mass is 9.91. The zero-order chi connectivity index (χ0) is 17.5. The summed E-state index contributed by atoms with van der Waals surface area (Å²) in [5.41, 5.74) is 6.49. The third kappa shape index (κ3) is 7.36. The molecule has 0 saturated heterocycles. The average molecular weight is 333 g/mol. The number of carbonyl (C=O) groups excluding carboxylic acids is 1. The van der Waals surface area contributed by atoms with Crippen molar-refractivity contribution in [1.82, 2.24) is 0 Å². The first-order valence-electron chi connectivity index (χ1n) is 7.43. The van der Waals surface area contributed by atoms with E-state index in [-0.39, 0.29) is 11.7 Å². The summed E-state index contributed by atoms with van der Waals surface area (Å²) in [7, 11) is 1.29. The number of esters is 1. The van der Waals surface area contributed by atoms with E-state index in [9.17, 15) is 18.0 Å². The van der Waals surface area contributed by atoms with Gasteiger partial charge >= 0.3 is 12.3 Å². The molecule has 7 heteroatoms. The number of carbonyl (C=O) groups is 1. The van der Waals surface area contributed by atoms with E-state index in [0.29, 0.717) is 12.8 Å². The van der Waals surface area contributed by atoms with E-state index in [0.717, 1.165) is 18.4 Å². The van der Waals surface area contributed by atoms with Crippen LogP contribution < -0.4 is 10.5 Å². The molecular weight excluding hydrogens is 311 g/mol. The second-order valence-electron chi connectivity index (χ2n) is 5.37. The number of methoxy groups -OCH3 is 1. The van der Waals surface area contributed by atoms with Crippen molar-refractivity contribution in [1.29, 1.82) is 0 Å². The zero-order valence-corrected chi connectivity index (χ0v) is 13.2. The third-order valence-electron chi connectivity index (χ3n) is 3.64. The predicted octanol–water partition coefficient (Wildman–Crippen LogP) is 3.43. The van der Waals surface area contributed by atoms with E-state index in [1.807, 2.05) is 6.92 Å². The molecule has 1 aromatic rings. The van der Waals surface area contributed by atoms with Crippen LogP contribution in [0.5, 0.6) is 5.75 Å². The topological polar surface area (TPSA) is 61.5 Å². The van der Waals surface area contributed by atoms with Crippen molar-refractivity contribution in [2.24, 2.45) is 11.7 Å².